The fourth-order valence-corrected chi connectivity index (χ4v) is 5.02. The van der Waals surface area contributed by atoms with Crippen LogP contribution < -0.4 is 4.74 Å². The van der Waals surface area contributed by atoms with Crippen molar-refractivity contribution in [1.82, 2.24) is 40.1 Å². The maximum atomic E-state index is 6.23. The van der Waals surface area contributed by atoms with Gasteiger partial charge in [-0.05, 0) is 56.0 Å². The lowest BCUT2D eigenvalue weighted by Crippen LogP contribution is -2.19. The molecule has 9 nitrogen and oxygen atoms in total. The van der Waals surface area contributed by atoms with E-state index >= 15 is 0 Å². The van der Waals surface area contributed by atoms with Crippen LogP contribution in [0, 0.1) is 0 Å². The Balaban J connectivity index is 1.26. The van der Waals surface area contributed by atoms with Crippen molar-refractivity contribution in [2.45, 2.75) is 38.2 Å². The summed E-state index contributed by atoms with van der Waals surface area (Å²) in [5.41, 5.74) is 6.67. The monoisotopic (exact) mass is 488 g/mol. The number of nitrogens with one attached hydrogen (secondary N) is 2. The fraction of sp³-hybridized carbons (Fsp3) is 0.214. The SMILES string of the molecule is c1cc(-c2nccc3[nH]c(-c4n[nH]c5cnc(-c6cncc(OC7CCCCC7)c6)cc45)nc23)ccn1. The van der Waals surface area contributed by atoms with Gasteiger partial charge in [-0.2, -0.15) is 5.10 Å². The van der Waals surface area contributed by atoms with Gasteiger partial charge in [-0.3, -0.25) is 25.0 Å². The maximum Gasteiger partial charge on any atom is 0.159 e. The van der Waals surface area contributed by atoms with Crippen LogP contribution >= 0.6 is 0 Å². The van der Waals surface area contributed by atoms with Crippen LogP contribution in [0.5, 0.6) is 5.75 Å². The molecule has 0 spiro atoms. The van der Waals surface area contributed by atoms with Gasteiger partial charge in [-0.15, -0.1) is 0 Å². The van der Waals surface area contributed by atoms with Gasteiger partial charge in [0.05, 0.1) is 40.9 Å². The maximum absolute atomic E-state index is 6.23. The zero-order valence-electron chi connectivity index (χ0n) is 20.1. The molecule has 7 rings (SSSR count). The zero-order chi connectivity index (χ0) is 24.6. The molecule has 0 bridgehead atoms. The summed E-state index contributed by atoms with van der Waals surface area (Å²) in [4.78, 5) is 26.1. The molecular weight excluding hydrogens is 464 g/mol. The molecule has 0 atom stereocenters. The van der Waals surface area contributed by atoms with Crippen molar-refractivity contribution in [3.8, 4) is 39.8 Å². The third-order valence-electron chi connectivity index (χ3n) is 6.89. The average molecular weight is 489 g/mol. The van der Waals surface area contributed by atoms with Crippen molar-refractivity contribution in [2.75, 3.05) is 0 Å². The Hall–Kier alpha value is -4.66. The molecule has 1 fully saturated rings. The van der Waals surface area contributed by atoms with Crippen molar-refractivity contribution in [2.24, 2.45) is 0 Å². The molecule has 0 radical (unpaired) electrons. The second kappa shape index (κ2) is 9.09. The van der Waals surface area contributed by atoms with E-state index in [1.54, 1.807) is 31.0 Å². The van der Waals surface area contributed by atoms with Gasteiger partial charge < -0.3 is 9.72 Å². The number of nitrogens with zero attached hydrogens (tertiary/aromatic N) is 6. The molecular formula is C28H24N8O. The first kappa shape index (κ1) is 21.6. The van der Waals surface area contributed by atoms with E-state index in [9.17, 15) is 0 Å². The molecule has 2 N–H and O–H groups in total. The summed E-state index contributed by atoms with van der Waals surface area (Å²) in [6.45, 7) is 0. The predicted octanol–water partition coefficient (Wildman–Crippen LogP) is 5.73. The minimum absolute atomic E-state index is 0.265. The Morgan fingerprint density at radius 2 is 1.68 bits per heavy atom. The molecule has 0 saturated heterocycles. The van der Waals surface area contributed by atoms with Crippen LogP contribution in [0.2, 0.25) is 0 Å². The van der Waals surface area contributed by atoms with Crippen LogP contribution in [0.3, 0.4) is 0 Å². The highest BCUT2D eigenvalue weighted by Gasteiger charge is 2.18. The van der Waals surface area contributed by atoms with Gasteiger partial charge in [0, 0.05) is 41.3 Å². The Morgan fingerprint density at radius 1 is 0.784 bits per heavy atom. The minimum atomic E-state index is 0.265. The highest BCUT2D eigenvalue weighted by molar-refractivity contribution is 5.96. The molecule has 0 amide bonds. The molecule has 9 heteroatoms. The topological polar surface area (TPSA) is 118 Å². The summed E-state index contributed by atoms with van der Waals surface area (Å²) in [7, 11) is 0. The standard InChI is InChI=1S/C28H24N8O/c1-2-4-19(5-3-1)37-20-12-18(14-30-15-20)23-13-21-24(16-32-23)35-36-26(21)28-33-22-8-11-31-25(27(22)34-28)17-6-9-29-10-7-17/h6-16,19H,1-5H2,(H,33,34)(H,35,36). The van der Waals surface area contributed by atoms with Gasteiger partial charge in [-0.25, -0.2) is 4.98 Å². The summed E-state index contributed by atoms with van der Waals surface area (Å²) in [6.07, 6.45) is 16.9. The molecule has 0 aliphatic heterocycles. The van der Waals surface area contributed by atoms with E-state index in [0.29, 0.717) is 5.82 Å². The number of imidazole rings is 1. The average Bonchev–Trinajstić information content (AvgIpc) is 3.58. The molecule has 0 aromatic carbocycles. The summed E-state index contributed by atoms with van der Waals surface area (Å²) in [5.74, 6) is 1.45. The van der Waals surface area contributed by atoms with Crippen LogP contribution in [0.25, 0.3) is 56.0 Å². The van der Waals surface area contributed by atoms with Gasteiger partial charge in [0.1, 0.15) is 17.0 Å². The van der Waals surface area contributed by atoms with Gasteiger partial charge in [0.2, 0.25) is 0 Å². The molecule has 1 aliphatic rings. The summed E-state index contributed by atoms with van der Waals surface area (Å²) in [6, 6.07) is 9.81. The fourth-order valence-electron chi connectivity index (χ4n) is 5.02. The number of hydrogen-bond donors (Lipinski definition) is 2. The lowest BCUT2D eigenvalue weighted by atomic mass is 9.98. The van der Waals surface area contributed by atoms with Crippen LogP contribution in [0.4, 0.5) is 0 Å². The summed E-state index contributed by atoms with van der Waals surface area (Å²) >= 11 is 0. The zero-order valence-corrected chi connectivity index (χ0v) is 20.1. The first-order valence-electron chi connectivity index (χ1n) is 12.5. The molecule has 6 heterocycles. The predicted molar refractivity (Wildman–Crippen MR) is 141 cm³/mol. The molecule has 0 unspecified atom stereocenters. The number of aromatic nitrogens is 8. The third-order valence-corrected chi connectivity index (χ3v) is 6.89. The molecule has 182 valence electrons. The Morgan fingerprint density at radius 3 is 2.57 bits per heavy atom. The highest BCUT2D eigenvalue weighted by Crippen LogP contribution is 2.32. The van der Waals surface area contributed by atoms with Gasteiger partial charge in [0.15, 0.2) is 5.82 Å². The van der Waals surface area contributed by atoms with Crippen LogP contribution in [0.15, 0.2) is 67.5 Å². The smallest absolute Gasteiger partial charge is 0.159 e. The van der Waals surface area contributed by atoms with Crippen LogP contribution in [-0.4, -0.2) is 46.2 Å². The van der Waals surface area contributed by atoms with E-state index in [1.807, 2.05) is 36.5 Å². The second-order valence-electron chi connectivity index (χ2n) is 9.35. The van der Waals surface area contributed by atoms with Crippen molar-refractivity contribution < 1.29 is 4.74 Å². The van der Waals surface area contributed by atoms with Crippen LogP contribution in [-0.2, 0) is 0 Å². The second-order valence-corrected chi connectivity index (χ2v) is 9.35. The number of rotatable bonds is 5. The van der Waals surface area contributed by atoms with Crippen LogP contribution in [0.1, 0.15) is 32.1 Å². The number of ether oxygens (including phenoxy) is 1. The number of aromatic amines is 2. The highest BCUT2D eigenvalue weighted by atomic mass is 16.5. The van der Waals surface area contributed by atoms with E-state index in [4.69, 9.17) is 9.72 Å². The summed E-state index contributed by atoms with van der Waals surface area (Å²) < 4.78 is 6.23. The minimum Gasteiger partial charge on any atom is -0.489 e. The molecule has 37 heavy (non-hydrogen) atoms. The first-order chi connectivity index (χ1) is 18.3. The van der Waals surface area contributed by atoms with Crippen molar-refractivity contribution in [1.29, 1.82) is 0 Å². The molecule has 1 saturated carbocycles. The number of fused-ring (bicyclic) bond motifs is 2. The van der Waals surface area contributed by atoms with Crippen molar-refractivity contribution in [3.63, 3.8) is 0 Å². The van der Waals surface area contributed by atoms with E-state index in [1.165, 1.54) is 19.3 Å². The Kier molecular flexibility index (Phi) is 5.31. The Bertz CT molecular complexity index is 1700. The van der Waals surface area contributed by atoms with E-state index in [2.05, 4.69) is 35.1 Å². The third kappa shape index (κ3) is 4.08. The van der Waals surface area contributed by atoms with Gasteiger partial charge in [0.25, 0.3) is 0 Å². The van der Waals surface area contributed by atoms with Crippen molar-refractivity contribution >= 4 is 21.9 Å². The normalized spacial score (nSPS) is 14.4. The van der Waals surface area contributed by atoms with Gasteiger partial charge >= 0.3 is 0 Å². The van der Waals surface area contributed by atoms with E-state index < -0.39 is 0 Å². The summed E-state index contributed by atoms with van der Waals surface area (Å²) in [5, 5.41) is 8.57. The largest absolute Gasteiger partial charge is 0.489 e. The Labute approximate surface area is 212 Å². The molecule has 6 aromatic rings. The van der Waals surface area contributed by atoms with E-state index in [0.717, 1.165) is 68.7 Å². The van der Waals surface area contributed by atoms with Gasteiger partial charge in [-0.1, -0.05) is 6.42 Å². The van der Waals surface area contributed by atoms with E-state index in [-0.39, 0.29) is 6.10 Å². The molecule has 6 aromatic heterocycles. The lowest BCUT2D eigenvalue weighted by molar-refractivity contribution is 0.154. The lowest BCUT2D eigenvalue weighted by Gasteiger charge is -2.22. The number of hydrogen-bond acceptors (Lipinski definition) is 7. The number of pyridine rings is 4. The first-order valence-corrected chi connectivity index (χ1v) is 12.5. The quantitative estimate of drug-likeness (QED) is 0.318. The molecule has 1 aliphatic carbocycles. The van der Waals surface area contributed by atoms with Crippen molar-refractivity contribution in [3.05, 3.63) is 67.5 Å². The number of H-pyrrole nitrogens is 2.